The van der Waals surface area contributed by atoms with Gasteiger partial charge in [0.2, 0.25) is 0 Å². The van der Waals surface area contributed by atoms with Gasteiger partial charge in [-0.3, -0.25) is 9.97 Å². The molecule has 3 nitrogen and oxygen atoms in total. The van der Waals surface area contributed by atoms with Crippen molar-refractivity contribution in [1.82, 2.24) is 9.97 Å². The fourth-order valence-corrected chi connectivity index (χ4v) is 1.50. The third kappa shape index (κ3) is 5.38. The highest BCUT2D eigenvalue weighted by atomic mass is 79.9. The average Bonchev–Trinajstić information content (AvgIpc) is 2.41. The summed E-state index contributed by atoms with van der Waals surface area (Å²) in [5.74, 6) is 0. The minimum atomic E-state index is 0.0767. The molecule has 0 spiro atoms. The van der Waals surface area contributed by atoms with Crippen LogP contribution in [0.15, 0.2) is 36.7 Å². The highest BCUT2D eigenvalue weighted by molar-refractivity contribution is 9.08. The Morgan fingerprint density at radius 2 is 1.44 bits per heavy atom. The fraction of sp³-hybridized carbons (Fsp3) is 0.286. The molecule has 0 saturated heterocycles. The Morgan fingerprint density at radius 1 is 0.944 bits per heavy atom. The number of aromatic nitrogens is 2. The van der Waals surface area contributed by atoms with Gasteiger partial charge in [-0.15, -0.1) is 0 Å². The van der Waals surface area contributed by atoms with Gasteiger partial charge in [0, 0.05) is 29.1 Å². The first-order chi connectivity index (χ1) is 8.65. The lowest BCUT2D eigenvalue weighted by molar-refractivity contribution is 0.281. The summed E-state index contributed by atoms with van der Waals surface area (Å²) in [5.41, 5.74) is 4.13. The number of aryl methyl sites for hydroxylation is 2. The summed E-state index contributed by atoms with van der Waals surface area (Å²) in [5, 5.41) is 9.48. The van der Waals surface area contributed by atoms with Gasteiger partial charge in [-0.25, -0.2) is 0 Å². The maximum atomic E-state index is 8.59. The Kier molecular flexibility index (Phi) is 6.54. The predicted octanol–water partition coefficient (Wildman–Crippen LogP) is 3.17. The van der Waals surface area contributed by atoms with Crippen molar-refractivity contribution in [2.24, 2.45) is 0 Å². The van der Waals surface area contributed by atoms with Crippen molar-refractivity contribution < 1.29 is 5.11 Å². The smallest absolute Gasteiger partial charge is 0.0696 e. The molecule has 0 atom stereocenters. The maximum absolute atomic E-state index is 8.59. The highest BCUT2D eigenvalue weighted by Gasteiger charge is 1.87. The van der Waals surface area contributed by atoms with Gasteiger partial charge in [0.25, 0.3) is 0 Å². The molecule has 4 heteroatoms. The summed E-state index contributed by atoms with van der Waals surface area (Å²) in [6.45, 7) is 3.98. The van der Waals surface area contributed by atoms with Gasteiger partial charge in [0.05, 0.1) is 6.61 Å². The molecule has 0 radical (unpaired) electrons. The number of alkyl halides is 1. The van der Waals surface area contributed by atoms with E-state index in [0.717, 1.165) is 22.3 Å². The Balaban J connectivity index is 0.000000180. The lowest BCUT2D eigenvalue weighted by Crippen LogP contribution is -1.85. The molecule has 2 heterocycles. The topological polar surface area (TPSA) is 46.0 Å². The van der Waals surface area contributed by atoms with E-state index in [1.165, 1.54) is 5.56 Å². The predicted molar refractivity (Wildman–Crippen MR) is 76.5 cm³/mol. The Labute approximate surface area is 116 Å². The zero-order valence-corrected chi connectivity index (χ0v) is 12.2. The van der Waals surface area contributed by atoms with Gasteiger partial charge in [0.15, 0.2) is 0 Å². The van der Waals surface area contributed by atoms with Crippen LogP contribution >= 0.6 is 15.9 Å². The molecule has 0 aliphatic rings. The lowest BCUT2D eigenvalue weighted by atomic mass is 10.3. The number of pyridine rings is 2. The zero-order chi connectivity index (χ0) is 13.4. The first-order valence-corrected chi connectivity index (χ1v) is 6.77. The molecule has 0 aromatic carbocycles. The minimum absolute atomic E-state index is 0.0767. The third-order valence-corrected chi connectivity index (χ3v) is 2.93. The number of aliphatic hydroxyl groups is 1. The molecule has 1 N–H and O–H groups in total. The van der Waals surface area contributed by atoms with Crippen molar-refractivity contribution in [3.05, 3.63) is 59.2 Å². The molecule has 0 aliphatic carbocycles. The van der Waals surface area contributed by atoms with Crippen LogP contribution in [0, 0.1) is 13.8 Å². The quantitative estimate of drug-likeness (QED) is 0.867. The standard InChI is InChI=1S/C7H8BrN.C7H9NO/c1-6-2-3-7(4-8)5-9-6;1-6-2-3-7(5-9)4-8-6/h2-3,5H,4H2,1H3;2-4,9H,5H2,1H3. The molecule has 0 fully saturated rings. The van der Waals surface area contributed by atoms with Crippen LogP contribution in [-0.4, -0.2) is 15.1 Å². The van der Waals surface area contributed by atoms with Crippen molar-refractivity contribution in [3.8, 4) is 0 Å². The number of aliphatic hydroxyl groups excluding tert-OH is 1. The van der Waals surface area contributed by atoms with E-state index in [0.29, 0.717) is 0 Å². The Bertz CT molecular complexity index is 409. The van der Waals surface area contributed by atoms with Gasteiger partial charge >= 0.3 is 0 Å². The van der Waals surface area contributed by atoms with Crippen LogP contribution in [0.5, 0.6) is 0 Å². The van der Waals surface area contributed by atoms with Crippen molar-refractivity contribution >= 4 is 15.9 Å². The van der Waals surface area contributed by atoms with Gasteiger partial charge < -0.3 is 5.11 Å². The van der Waals surface area contributed by atoms with Crippen LogP contribution in [0.25, 0.3) is 0 Å². The molecule has 96 valence electrons. The molecule has 2 rings (SSSR count). The maximum Gasteiger partial charge on any atom is 0.0696 e. The molecule has 0 amide bonds. The van der Waals surface area contributed by atoms with Gasteiger partial charge in [-0.1, -0.05) is 28.1 Å². The van der Waals surface area contributed by atoms with E-state index in [2.05, 4.69) is 32.0 Å². The van der Waals surface area contributed by atoms with E-state index in [9.17, 15) is 0 Å². The number of hydrogen-bond donors (Lipinski definition) is 1. The summed E-state index contributed by atoms with van der Waals surface area (Å²) < 4.78 is 0. The Morgan fingerprint density at radius 3 is 1.78 bits per heavy atom. The van der Waals surface area contributed by atoms with E-state index in [4.69, 9.17) is 5.11 Å². The first kappa shape index (κ1) is 14.8. The largest absolute Gasteiger partial charge is 0.392 e. The molecular formula is C14H17BrN2O. The summed E-state index contributed by atoms with van der Waals surface area (Å²) >= 11 is 3.34. The fourth-order valence-electron chi connectivity index (χ4n) is 1.17. The van der Waals surface area contributed by atoms with E-state index in [1.807, 2.05) is 38.2 Å². The van der Waals surface area contributed by atoms with Crippen LogP contribution in [0.2, 0.25) is 0 Å². The van der Waals surface area contributed by atoms with Gasteiger partial charge in [-0.2, -0.15) is 0 Å². The van der Waals surface area contributed by atoms with Crippen LogP contribution in [0.3, 0.4) is 0 Å². The highest BCUT2D eigenvalue weighted by Crippen LogP contribution is 2.03. The van der Waals surface area contributed by atoms with Crippen LogP contribution in [-0.2, 0) is 11.9 Å². The van der Waals surface area contributed by atoms with E-state index in [-0.39, 0.29) is 6.61 Å². The zero-order valence-electron chi connectivity index (χ0n) is 10.6. The second-order valence-corrected chi connectivity index (χ2v) is 4.47. The third-order valence-electron chi connectivity index (χ3n) is 2.28. The monoisotopic (exact) mass is 308 g/mol. The van der Waals surface area contributed by atoms with Crippen molar-refractivity contribution in [2.45, 2.75) is 25.8 Å². The normalized spacial score (nSPS) is 9.56. The SMILES string of the molecule is Cc1ccc(CBr)cn1.Cc1ccc(CO)cn1. The van der Waals surface area contributed by atoms with Gasteiger partial charge in [0.1, 0.15) is 0 Å². The number of rotatable bonds is 2. The average molecular weight is 309 g/mol. The minimum Gasteiger partial charge on any atom is -0.392 e. The van der Waals surface area contributed by atoms with E-state index >= 15 is 0 Å². The van der Waals surface area contributed by atoms with Crippen molar-refractivity contribution in [1.29, 1.82) is 0 Å². The van der Waals surface area contributed by atoms with Crippen molar-refractivity contribution in [3.63, 3.8) is 0 Å². The molecule has 0 aliphatic heterocycles. The van der Waals surface area contributed by atoms with Crippen molar-refractivity contribution in [2.75, 3.05) is 0 Å². The Hall–Kier alpha value is -1.26. The molecule has 0 bridgehead atoms. The van der Waals surface area contributed by atoms with Crippen LogP contribution < -0.4 is 0 Å². The summed E-state index contributed by atoms with van der Waals surface area (Å²) in [4.78, 5) is 8.11. The number of hydrogen-bond acceptors (Lipinski definition) is 3. The van der Waals surface area contributed by atoms with E-state index < -0.39 is 0 Å². The second-order valence-electron chi connectivity index (χ2n) is 3.91. The summed E-state index contributed by atoms with van der Waals surface area (Å²) in [7, 11) is 0. The molecule has 2 aromatic heterocycles. The second kappa shape index (κ2) is 7.95. The summed E-state index contributed by atoms with van der Waals surface area (Å²) in [6, 6.07) is 7.82. The number of nitrogens with zero attached hydrogens (tertiary/aromatic N) is 2. The van der Waals surface area contributed by atoms with Crippen LogP contribution in [0.1, 0.15) is 22.5 Å². The molecular weight excluding hydrogens is 292 g/mol. The lowest BCUT2D eigenvalue weighted by Gasteiger charge is -1.93. The number of halogens is 1. The van der Waals surface area contributed by atoms with Crippen LogP contribution in [0.4, 0.5) is 0 Å². The molecule has 18 heavy (non-hydrogen) atoms. The molecule has 0 saturated carbocycles. The van der Waals surface area contributed by atoms with Gasteiger partial charge in [-0.05, 0) is 37.1 Å². The summed E-state index contributed by atoms with van der Waals surface area (Å²) in [6.07, 6.45) is 3.55. The molecule has 0 unspecified atom stereocenters. The van der Waals surface area contributed by atoms with E-state index in [1.54, 1.807) is 6.20 Å². The molecule has 2 aromatic rings. The first-order valence-electron chi connectivity index (χ1n) is 5.65.